The van der Waals surface area contributed by atoms with Gasteiger partial charge in [0.05, 0.1) is 4.92 Å². The number of para-hydroxylation sites is 1. The zero-order valence-electron chi connectivity index (χ0n) is 10.1. The highest BCUT2D eigenvalue weighted by atomic mass is 16.6. The molecule has 0 bridgehead atoms. The van der Waals surface area contributed by atoms with Crippen molar-refractivity contribution in [1.82, 2.24) is 0 Å². The van der Waals surface area contributed by atoms with E-state index in [-0.39, 0.29) is 11.4 Å². The van der Waals surface area contributed by atoms with Gasteiger partial charge in [0.25, 0.3) is 5.69 Å². The number of hydrogen-bond acceptors (Lipinski definition) is 5. The molecule has 0 fully saturated rings. The van der Waals surface area contributed by atoms with Gasteiger partial charge >= 0.3 is 0 Å². The Kier molecular flexibility index (Phi) is 3.24. The van der Waals surface area contributed by atoms with E-state index in [1.807, 2.05) is 6.07 Å². The third-order valence-electron chi connectivity index (χ3n) is 2.78. The molecule has 0 heterocycles. The summed E-state index contributed by atoms with van der Waals surface area (Å²) in [4.78, 5) is 11.9. The number of nitro groups is 1. The van der Waals surface area contributed by atoms with E-state index in [4.69, 9.17) is 0 Å². The average molecular weight is 260 g/mol. The highest BCUT2D eigenvalue weighted by Gasteiger charge is 2.24. The normalized spacial score (nSPS) is 10.2. The Bertz CT molecular complexity index is 614. The minimum atomic E-state index is -0.603. The van der Waals surface area contributed by atoms with Gasteiger partial charge in [-0.3, -0.25) is 10.1 Å². The molecule has 0 atom stereocenters. The fourth-order valence-corrected chi connectivity index (χ4v) is 1.82. The van der Waals surface area contributed by atoms with Gasteiger partial charge in [0, 0.05) is 18.8 Å². The van der Waals surface area contributed by atoms with Crippen molar-refractivity contribution in [1.29, 1.82) is 0 Å². The van der Waals surface area contributed by atoms with E-state index in [1.54, 1.807) is 31.3 Å². The van der Waals surface area contributed by atoms with Gasteiger partial charge in [-0.05, 0) is 18.2 Å². The summed E-state index contributed by atoms with van der Waals surface area (Å²) < 4.78 is 0. The van der Waals surface area contributed by atoms with E-state index in [9.17, 15) is 20.3 Å². The molecule has 0 saturated carbocycles. The molecule has 0 amide bonds. The molecule has 2 aromatic rings. The smallest absolute Gasteiger partial charge is 0.297 e. The Morgan fingerprint density at radius 2 is 1.74 bits per heavy atom. The van der Waals surface area contributed by atoms with Gasteiger partial charge in [-0.1, -0.05) is 18.2 Å². The number of hydrogen-bond donors (Lipinski definition) is 2. The van der Waals surface area contributed by atoms with Crippen molar-refractivity contribution in [3.05, 3.63) is 52.6 Å². The number of aromatic hydroxyl groups is 2. The molecule has 0 unspecified atom stereocenters. The number of anilines is 2. The lowest BCUT2D eigenvalue weighted by Crippen LogP contribution is -2.11. The molecule has 19 heavy (non-hydrogen) atoms. The predicted octanol–water partition coefficient (Wildman–Crippen LogP) is 2.77. The van der Waals surface area contributed by atoms with Crippen molar-refractivity contribution in [2.45, 2.75) is 0 Å². The minimum Gasteiger partial charge on any atom is -0.504 e. The lowest BCUT2D eigenvalue weighted by Gasteiger charge is -2.20. The van der Waals surface area contributed by atoms with Crippen molar-refractivity contribution in [3.8, 4) is 11.5 Å². The van der Waals surface area contributed by atoms with Crippen LogP contribution in [0.5, 0.6) is 11.5 Å². The van der Waals surface area contributed by atoms with Crippen LogP contribution in [0.15, 0.2) is 42.5 Å². The van der Waals surface area contributed by atoms with Crippen molar-refractivity contribution in [3.63, 3.8) is 0 Å². The van der Waals surface area contributed by atoms with Gasteiger partial charge in [-0.25, -0.2) is 0 Å². The topological polar surface area (TPSA) is 86.8 Å². The van der Waals surface area contributed by atoms with Gasteiger partial charge in [-0.15, -0.1) is 0 Å². The van der Waals surface area contributed by atoms with Gasteiger partial charge in [-0.2, -0.15) is 0 Å². The molecule has 6 heteroatoms. The molecule has 0 radical (unpaired) electrons. The zero-order chi connectivity index (χ0) is 14.0. The van der Waals surface area contributed by atoms with Crippen molar-refractivity contribution >= 4 is 17.1 Å². The monoisotopic (exact) mass is 260 g/mol. The summed E-state index contributed by atoms with van der Waals surface area (Å²) in [7, 11) is 1.58. The van der Waals surface area contributed by atoms with Crippen LogP contribution in [0.3, 0.4) is 0 Å². The minimum absolute atomic E-state index is 0.0452. The van der Waals surface area contributed by atoms with E-state index < -0.39 is 16.4 Å². The standard InChI is InChI=1S/C13H12N2O4/c1-14(9-5-3-2-4-6-9)12-10(15(18)19)7-8-11(16)13(12)17/h2-8,16-17H,1H3. The summed E-state index contributed by atoms with van der Waals surface area (Å²) in [6, 6.07) is 11.1. The number of benzene rings is 2. The molecule has 2 rings (SSSR count). The number of rotatable bonds is 3. The molecule has 2 aromatic carbocycles. The highest BCUT2D eigenvalue weighted by molar-refractivity contribution is 5.79. The molecule has 0 aromatic heterocycles. The van der Waals surface area contributed by atoms with Crippen LogP contribution in [0, 0.1) is 10.1 Å². The average Bonchev–Trinajstić information content (AvgIpc) is 2.41. The van der Waals surface area contributed by atoms with E-state index >= 15 is 0 Å². The Balaban J connectivity index is 2.61. The molecule has 0 aliphatic heterocycles. The summed E-state index contributed by atoms with van der Waals surface area (Å²) >= 11 is 0. The molecule has 0 aliphatic rings. The van der Waals surface area contributed by atoms with E-state index in [0.29, 0.717) is 5.69 Å². The van der Waals surface area contributed by atoms with Crippen LogP contribution in [-0.4, -0.2) is 22.2 Å². The predicted molar refractivity (Wildman–Crippen MR) is 70.9 cm³/mol. The van der Waals surface area contributed by atoms with E-state index in [0.717, 1.165) is 12.1 Å². The number of nitro benzene ring substituents is 1. The third-order valence-corrected chi connectivity index (χ3v) is 2.78. The Labute approximate surface area is 109 Å². The maximum absolute atomic E-state index is 11.0. The van der Waals surface area contributed by atoms with Crippen LogP contribution in [0.1, 0.15) is 0 Å². The second-order valence-corrected chi connectivity index (χ2v) is 3.95. The number of phenols is 2. The zero-order valence-corrected chi connectivity index (χ0v) is 10.1. The van der Waals surface area contributed by atoms with Crippen molar-refractivity contribution < 1.29 is 15.1 Å². The Morgan fingerprint density at radius 1 is 1.11 bits per heavy atom. The lowest BCUT2D eigenvalue weighted by atomic mass is 10.2. The summed E-state index contributed by atoms with van der Waals surface area (Å²) in [5, 5.41) is 30.4. The molecular weight excluding hydrogens is 248 g/mol. The summed E-state index contributed by atoms with van der Waals surface area (Å²) in [6.45, 7) is 0. The Hall–Kier alpha value is -2.76. The first-order valence-electron chi connectivity index (χ1n) is 5.50. The largest absolute Gasteiger partial charge is 0.504 e. The second kappa shape index (κ2) is 4.85. The quantitative estimate of drug-likeness (QED) is 0.503. The Morgan fingerprint density at radius 3 is 2.32 bits per heavy atom. The van der Waals surface area contributed by atoms with Crippen molar-refractivity contribution in [2.75, 3.05) is 11.9 Å². The van der Waals surface area contributed by atoms with Gasteiger partial charge < -0.3 is 15.1 Å². The van der Waals surface area contributed by atoms with Crippen LogP contribution in [0.2, 0.25) is 0 Å². The highest BCUT2D eigenvalue weighted by Crippen LogP contribution is 2.44. The number of nitrogens with zero attached hydrogens (tertiary/aromatic N) is 2. The van der Waals surface area contributed by atoms with Crippen molar-refractivity contribution in [2.24, 2.45) is 0 Å². The third kappa shape index (κ3) is 2.28. The molecule has 6 nitrogen and oxygen atoms in total. The molecule has 0 spiro atoms. The maximum atomic E-state index is 11.0. The fourth-order valence-electron chi connectivity index (χ4n) is 1.82. The number of phenolic OH excluding ortho intramolecular Hbond substituents is 2. The van der Waals surface area contributed by atoms with E-state index in [1.165, 1.54) is 4.90 Å². The van der Waals surface area contributed by atoms with Gasteiger partial charge in [0.15, 0.2) is 17.2 Å². The van der Waals surface area contributed by atoms with Crippen LogP contribution in [0.4, 0.5) is 17.1 Å². The maximum Gasteiger partial charge on any atom is 0.297 e. The second-order valence-electron chi connectivity index (χ2n) is 3.95. The molecule has 98 valence electrons. The molecule has 0 aliphatic carbocycles. The lowest BCUT2D eigenvalue weighted by molar-refractivity contribution is -0.384. The first-order valence-corrected chi connectivity index (χ1v) is 5.50. The first-order chi connectivity index (χ1) is 9.02. The summed E-state index contributed by atoms with van der Waals surface area (Å²) in [5.41, 5.74) is 0.337. The molecule has 0 saturated heterocycles. The molecular formula is C13H12N2O4. The molecule has 2 N–H and O–H groups in total. The SMILES string of the molecule is CN(c1ccccc1)c1c([N+](=O)[O-])ccc(O)c1O. The van der Waals surface area contributed by atoms with E-state index in [2.05, 4.69) is 0 Å². The first kappa shape index (κ1) is 12.7. The fraction of sp³-hybridized carbons (Fsp3) is 0.0769. The van der Waals surface area contributed by atoms with Crippen LogP contribution >= 0.6 is 0 Å². The van der Waals surface area contributed by atoms with Crippen LogP contribution in [-0.2, 0) is 0 Å². The van der Waals surface area contributed by atoms with Crippen LogP contribution < -0.4 is 4.90 Å². The van der Waals surface area contributed by atoms with Gasteiger partial charge in [0.2, 0.25) is 0 Å². The van der Waals surface area contributed by atoms with Crippen LogP contribution in [0.25, 0.3) is 0 Å². The summed E-state index contributed by atoms with van der Waals surface area (Å²) in [6.07, 6.45) is 0. The summed E-state index contributed by atoms with van der Waals surface area (Å²) in [5.74, 6) is -0.913. The van der Waals surface area contributed by atoms with Gasteiger partial charge in [0.1, 0.15) is 0 Å².